The minimum absolute atomic E-state index is 0.0877. The zero-order valence-electron chi connectivity index (χ0n) is 9.53. The van der Waals surface area contributed by atoms with E-state index in [4.69, 9.17) is 34.8 Å². The average Bonchev–Trinajstić information content (AvgIpc) is 2.38. The molecule has 0 unspecified atom stereocenters. The van der Waals surface area contributed by atoms with E-state index in [-0.39, 0.29) is 28.3 Å². The minimum Gasteiger partial charge on any atom is -0.309 e. The number of anilines is 1. The number of aromatic nitrogens is 2. The molecule has 1 heterocycles. The molecule has 0 fully saturated rings. The van der Waals surface area contributed by atoms with Crippen LogP contribution in [0.1, 0.15) is 5.56 Å². The van der Waals surface area contributed by atoms with Crippen molar-refractivity contribution in [2.45, 2.75) is 6.42 Å². The molecule has 7 heteroatoms. The summed E-state index contributed by atoms with van der Waals surface area (Å²) < 4.78 is 0. The van der Waals surface area contributed by atoms with Crippen LogP contribution in [0.3, 0.4) is 0 Å². The van der Waals surface area contributed by atoms with Crippen LogP contribution in [0.15, 0.2) is 30.6 Å². The fraction of sp³-hybridized carbons (Fsp3) is 0.0833. The number of hydrogen-bond donors (Lipinski definition) is 1. The van der Waals surface area contributed by atoms with Crippen molar-refractivity contribution >= 4 is 46.5 Å². The third-order valence-corrected chi connectivity index (χ3v) is 3.42. The van der Waals surface area contributed by atoms with Gasteiger partial charge in [-0.15, -0.1) is 0 Å². The highest BCUT2D eigenvalue weighted by Gasteiger charge is 2.12. The lowest BCUT2D eigenvalue weighted by Gasteiger charge is -2.07. The van der Waals surface area contributed by atoms with Crippen molar-refractivity contribution in [3.63, 3.8) is 0 Å². The van der Waals surface area contributed by atoms with Crippen LogP contribution in [0.4, 0.5) is 5.82 Å². The minimum atomic E-state index is -0.287. The van der Waals surface area contributed by atoms with E-state index >= 15 is 0 Å². The van der Waals surface area contributed by atoms with Gasteiger partial charge in [0.15, 0.2) is 11.0 Å². The Balaban J connectivity index is 2.10. The summed E-state index contributed by atoms with van der Waals surface area (Å²) in [6.07, 6.45) is 1.34. The highest BCUT2D eigenvalue weighted by molar-refractivity contribution is 6.42. The molecule has 0 aliphatic carbocycles. The third kappa shape index (κ3) is 3.56. The zero-order valence-corrected chi connectivity index (χ0v) is 11.8. The SMILES string of the molecule is O=C(Cc1ccccc1Cl)Nc1ncnc(Cl)c1Cl. The summed E-state index contributed by atoms with van der Waals surface area (Å²) in [6, 6.07) is 7.10. The number of carbonyl (C=O) groups excluding carboxylic acids is 1. The van der Waals surface area contributed by atoms with Crippen LogP contribution in [0, 0.1) is 0 Å². The fourth-order valence-electron chi connectivity index (χ4n) is 1.43. The second-order valence-electron chi connectivity index (χ2n) is 3.64. The Labute approximate surface area is 124 Å². The Morgan fingerprint density at radius 3 is 2.63 bits per heavy atom. The maximum Gasteiger partial charge on any atom is 0.230 e. The van der Waals surface area contributed by atoms with E-state index in [0.29, 0.717) is 5.02 Å². The van der Waals surface area contributed by atoms with Gasteiger partial charge in [-0.2, -0.15) is 0 Å². The number of nitrogens with zero attached hydrogens (tertiary/aromatic N) is 2. The molecule has 1 aromatic carbocycles. The standard InChI is InChI=1S/C12H8Cl3N3O/c13-8-4-2-1-3-7(8)5-9(19)18-12-10(14)11(15)16-6-17-12/h1-4,6H,5H2,(H,16,17,18,19). The van der Waals surface area contributed by atoms with Gasteiger partial charge in [-0.1, -0.05) is 53.0 Å². The fourth-order valence-corrected chi connectivity index (χ4v) is 1.91. The molecule has 1 N–H and O–H groups in total. The Morgan fingerprint density at radius 1 is 1.16 bits per heavy atom. The average molecular weight is 317 g/mol. The van der Waals surface area contributed by atoms with Crippen molar-refractivity contribution in [3.8, 4) is 0 Å². The molecule has 0 saturated heterocycles. The van der Waals surface area contributed by atoms with Crippen LogP contribution < -0.4 is 5.32 Å². The molecule has 98 valence electrons. The number of amides is 1. The largest absolute Gasteiger partial charge is 0.309 e. The van der Waals surface area contributed by atoms with Crippen LogP contribution in [0.25, 0.3) is 0 Å². The molecule has 19 heavy (non-hydrogen) atoms. The van der Waals surface area contributed by atoms with E-state index in [9.17, 15) is 4.79 Å². The Morgan fingerprint density at radius 2 is 1.89 bits per heavy atom. The summed E-state index contributed by atoms with van der Waals surface area (Å²) in [4.78, 5) is 19.4. The number of benzene rings is 1. The maximum absolute atomic E-state index is 11.9. The Hall–Kier alpha value is -1.36. The first-order chi connectivity index (χ1) is 9.08. The molecule has 0 aliphatic rings. The van der Waals surface area contributed by atoms with E-state index in [1.54, 1.807) is 18.2 Å². The Kier molecular flexibility index (Phi) is 4.58. The molecule has 0 atom stereocenters. The summed E-state index contributed by atoms with van der Waals surface area (Å²) >= 11 is 17.6. The molecule has 0 aliphatic heterocycles. The Bertz CT molecular complexity index is 619. The molecule has 4 nitrogen and oxygen atoms in total. The molecule has 2 rings (SSSR count). The van der Waals surface area contributed by atoms with Gasteiger partial charge in [0.05, 0.1) is 6.42 Å². The third-order valence-electron chi connectivity index (χ3n) is 2.31. The topological polar surface area (TPSA) is 54.9 Å². The molecule has 1 amide bonds. The molecule has 0 spiro atoms. The van der Waals surface area contributed by atoms with E-state index in [2.05, 4.69) is 15.3 Å². The van der Waals surface area contributed by atoms with Crippen molar-refractivity contribution in [3.05, 3.63) is 51.4 Å². The summed E-state index contributed by atoms with van der Waals surface area (Å²) in [5.41, 5.74) is 0.720. The monoisotopic (exact) mass is 315 g/mol. The molecule has 1 aromatic heterocycles. The second-order valence-corrected chi connectivity index (χ2v) is 4.79. The first kappa shape index (κ1) is 14.1. The second kappa shape index (κ2) is 6.19. The molecular weight excluding hydrogens is 309 g/mol. The quantitative estimate of drug-likeness (QED) is 0.880. The predicted molar refractivity (Wildman–Crippen MR) is 75.8 cm³/mol. The van der Waals surface area contributed by atoms with Crippen molar-refractivity contribution in [2.24, 2.45) is 0 Å². The van der Waals surface area contributed by atoms with E-state index in [1.165, 1.54) is 6.33 Å². The van der Waals surface area contributed by atoms with Gasteiger partial charge in [0.25, 0.3) is 0 Å². The number of carbonyl (C=O) groups is 1. The summed E-state index contributed by atoms with van der Waals surface area (Å²) in [5, 5.41) is 3.29. The predicted octanol–water partition coefficient (Wildman–Crippen LogP) is 3.62. The lowest BCUT2D eigenvalue weighted by Crippen LogP contribution is -2.16. The molecule has 2 aromatic rings. The first-order valence-electron chi connectivity index (χ1n) is 5.27. The van der Waals surface area contributed by atoms with Crippen molar-refractivity contribution in [2.75, 3.05) is 5.32 Å². The van der Waals surface area contributed by atoms with E-state index in [0.717, 1.165) is 5.56 Å². The number of nitrogens with one attached hydrogen (secondary N) is 1. The number of halogens is 3. The van der Waals surface area contributed by atoms with E-state index < -0.39 is 0 Å². The van der Waals surface area contributed by atoms with Crippen molar-refractivity contribution < 1.29 is 4.79 Å². The lowest BCUT2D eigenvalue weighted by atomic mass is 10.1. The smallest absolute Gasteiger partial charge is 0.230 e. The molecular formula is C12H8Cl3N3O. The summed E-state index contributed by atoms with van der Waals surface area (Å²) in [7, 11) is 0. The van der Waals surface area contributed by atoms with Gasteiger partial charge >= 0.3 is 0 Å². The molecule has 0 radical (unpaired) electrons. The summed E-state index contributed by atoms with van der Waals surface area (Å²) in [5.74, 6) is -0.108. The van der Waals surface area contributed by atoms with Crippen molar-refractivity contribution in [1.82, 2.24) is 9.97 Å². The molecule has 0 saturated carbocycles. The van der Waals surface area contributed by atoms with Gasteiger partial charge in [-0.05, 0) is 11.6 Å². The first-order valence-corrected chi connectivity index (χ1v) is 6.40. The number of rotatable bonds is 3. The van der Waals surface area contributed by atoms with Crippen LogP contribution in [0.5, 0.6) is 0 Å². The van der Waals surface area contributed by atoms with Crippen LogP contribution >= 0.6 is 34.8 Å². The van der Waals surface area contributed by atoms with Gasteiger partial charge in [-0.25, -0.2) is 9.97 Å². The zero-order chi connectivity index (χ0) is 13.8. The van der Waals surface area contributed by atoms with Gasteiger partial charge < -0.3 is 5.32 Å². The van der Waals surface area contributed by atoms with Gasteiger partial charge in [-0.3, -0.25) is 4.79 Å². The normalized spacial score (nSPS) is 10.3. The van der Waals surface area contributed by atoms with Crippen LogP contribution in [-0.4, -0.2) is 15.9 Å². The van der Waals surface area contributed by atoms with Gasteiger partial charge in [0.2, 0.25) is 5.91 Å². The highest BCUT2D eigenvalue weighted by atomic mass is 35.5. The van der Waals surface area contributed by atoms with Crippen molar-refractivity contribution in [1.29, 1.82) is 0 Å². The van der Waals surface area contributed by atoms with E-state index in [1.807, 2.05) is 6.07 Å². The van der Waals surface area contributed by atoms with Crippen LogP contribution in [-0.2, 0) is 11.2 Å². The van der Waals surface area contributed by atoms with Gasteiger partial charge in [0, 0.05) is 5.02 Å². The highest BCUT2D eigenvalue weighted by Crippen LogP contribution is 2.25. The van der Waals surface area contributed by atoms with Gasteiger partial charge in [0.1, 0.15) is 11.3 Å². The van der Waals surface area contributed by atoms with Crippen LogP contribution in [0.2, 0.25) is 15.2 Å². The lowest BCUT2D eigenvalue weighted by molar-refractivity contribution is -0.115. The maximum atomic E-state index is 11.9. The number of hydrogen-bond acceptors (Lipinski definition) is 3. The molecule has 0 bridgehead atoms. The summed E-state index contributed by atoms with van der Waals surface area (Å²) in [6.45, 7) is 0.